The summed E-state index contributed by atoms with van der Waals surface area (Å²) in [7, 11) is 0. The molecule has 0 aliphatic rings. The molecule has 2 heterocycles. The fourth-order valence-corrected chi connectivity index (χ4v) is 2.82. The first-order valence-corrected chi connectivity index (χ1v) is 8.40. The number of hydrogen-bond acceptors (Lipinski definition) is 3. The van der Waals surface area contributed by atoms with Gasteiger partial charge in [0.2, 0.25) is 0 Å². The third-order valence-electron chi connectivity index (χ3n) is 4.16. The van der Waals surface area contributed by atoms with Crippen LogP contribution in [0.5, 0.6) is 5.75 Å². The van der Waals surface area contributed by atoms with Crippen LogP contribution in [0.1, 0.15) is 27.5 Å². The maximum Gasteiger partial charge on any atom is 0.253 e. The second-order valence-corrected chi connectivity index (χ2v) is 6.01. The smallest absolute Gasteiger partial charge is 0.253 e. The molecule has 1 N–H and O–H groups in total. The third kappa shape index (κ3) is 4.14. The van der Waals surface area contributed by atoms with Crippen molar-refractivity contribution in [3.63, 3.8) is 0 Å². The van der Waals surface area contributed by atoms with Crippen LogP contribution in [0.4, 0.5) is 4.39 Å². The number of amides is 1. The molecule has 6 heteroatoms. The molecule has 0 bridgehead atoms. The largest absolute Gasteiger partial charge is 0.492 e. The van der Waals surface area contributed by atoms with E-state index >= 15 is 0 Å². The van der Waals surface area contributed by atoms with Crippen LogP contribution in [-0.2, 0) is 6.54 Å². The standard InChI is InChI=1S/C20H21FN2O3/c1-14-11-19(15(2)23(14)13-18-7-4-9-25-18)20(24)22-8-10-26-17-6-3-5-16(21)12-17/h3-7,9,11-12H,8,10,13H2,1-2H3,(H,22,24). The van der Waals surface area contributed by atoms with Crippen molar-refractivity contribution < 1.29 is 18.3 Å². The Kier molecular flexibility index (Phi) is 5.41. The number of carbonyl (C=O) groups excluding carboxylic acids is 1. The minimum absolute atomic E-state index is 0.161. The first-order valence-electron chi connectivity index (χ1n) is 8.40. The highest BCUT2D eigenvalue weighted by Gasteiger charge is 2.16. The van der Waals surface area contributed by atoms with Crippen LogP contribution < -0.4 is 10.1 Å². The summed E-state index contributed by atoms with van der Waals surface area (Å²) in [5.74, 6) is 0.764. The predicted octanol–water partition coefficient (Wildman–Crippen LogP) is 3.69. The average molecular weight is 356 g/mol. The van der Waals surface area contributed by atoms with E-state index in [2.05, 4.69) is 5.32 Å². The SMILES string of the molecule is Cc1cc(C(=O)NCCOc2cccc(F)c2)c(C)n1Cc1ccco1. The fourth-order valence-electron chi connectivity index (χ4n) is 2.82. The molecule has 0 spiro atoms. The maximum atomic E-state index is 13.1. The van der Waals surface area contributed by atoms with E-state index in [1.54, 1.807) is 18.4 Å². The second-order valence-electron chi connectivity index (χ2n) is 6.01. The lowest BCUT2D eigenvalue weighted by Gasteiger charge is -2.09. The Hall–Kier alpha value is -3.02. The Bertz CT molecular complexity index is 885. The molecule has 3 aromatic rings. The quantitative estimate of drug-likeness (QED) is 0.657. The molecule has 0 unspecified atom stereocenters. The maximum absolute atomic E-state index is 13.1. The molecule has 0 saturated heterocycles. The molecule has 1 aromatic carbocycles. The van der Waals surface area contributed by atoms with Gasteiger partial charge in [-0.25, -0.2) is 4.39 Å². The van der Waals surface area contributed by atoms with Crippen LogP contribution in [0.2, 0.25) is 0 Å². The number of halogens is 1. The number of aromatic nitrogens is 1. The Morgan fingerprint density at radius 1 is 1.23 bits per heavy atom. The third-order valence-corrected chi connectivity index (χ3v) is 4.16. The number of aryl methyl sites for hydroxylation is 1. The van der Waals surface area contributed by atoms with Gasteiger partial charge in [-0.1, -0.05) is 6.07 Å². The molecule has 0 atom stereocenters. The van der Waals surface area contributed by atoms with E-state index in [1.165, 1.54) is 12.1 Å². The number of furan rings is 1. The van der Waals surface area contributed by atoms with Crippen LogP contribution >= 0.6 is 0 Å². The Morgan fingerprint density at radius 3 is 2.81 bits per heavy atom. The molecule has 26 heavy (non-hydrogen) atoms. The average Bonchev–Trinajstić information content (AvgIpc) is 3.22. The van der Waals surface area contributed by atoms with E-state index in [-0.39, 0.29) is 18.3 Å². The van der Waals surface area contributed by atoms with Crippen molar-refractivity contribution in [1.29, 1.82) is 0 Å². The second kappa shape index (κ2) is 7.91. The van der Waals surface area contributed by atoms with Crippen molar-refractivity contribution in [1.82, 2.24) is 9.88 Å². The van der Waals surface area contributed by atoms with E-state index in [1.807, 2.05) is 36.6 Å². The first-order chi connectivity index (χ1) is 12.5. The van der Waals surface area contributed by atoms with Crippen molar-refractivity contribution in [2.24, 2.45) is 0 Å². The van der Waals surface area contributed by atoms with Crippen LogP contribution in [0.25, 0.3) is 0 Å². The monoisotopic (exact) mass is 356 g/mol. The van der Waals surface area contributed by atoms with E-state index in [0.29, 0.717) is 24.4 Å². The van der Waals surface area contributed by atoms with Gasteiger partial charge in [0.15, 0.2) is 0 Å². The van der Waals surface area contributed by atoms with Gasteiger partial charge in [0, 0.05) is 17.5 Å². The minimum atomic E-state index is -0.351. The van der Waals surface area contributed by atoms with E-state index < -0.39 is 0 Å². The van der Waals surface area contributed by atoms with Crippen LogP contribution in [0, 0.1) is 19.7 Å². The summed E-state index contributed by atoms with van der Waals surface area (Å²) < 4.78 is 25.9. The number of rotatable bonds is 7. The highest BCUT2D eigenvalue weighted by molar-refractivity contribution is 5.95. The molecule has 2 aromatic heterocycles. The zero-order chi connectivity index (χ0) is 18.5. The van der Waals surface area contributed by atoms with Gasteiger partial charge in [-0.15, -0.1) is 0 Å². The highest BCUT2D eigenvalue weighted by Crippen LogP contribution is 2.17. The molecule has 0 fully saturated rings. The summed E-state index contributed by atoms with van der Waals surface area (Å²) in [5.41, 5.74) is 2.49. The van der Waals surface area contributed by atoms with Gasteiger partial charge in [-0.2, -0.15) is 0 Å². The number of carbonyl (C=O) groups is 1. The van der Waals surface area contributed by atoms with E-state index in [4.69, 9.17) is 9.15 Å². The van der Waals surface area contributed by atoms with Gasteiger partial charge >= 0.3 is 0 Å². The lowest BCUT2D eigenvalue weighted by molar-refractivity contribution is 0.0946. The molecular formula is C20H21FN2O3. The summed E-state index contributed by atoms with van der Waals surface area (Å²) >= 11 is 0. The molecule has 0 radical (unpaired) electrons. The minimum Gasteiger partial charge on any atom is -0.492 e. The van der Waals surface area contributed by atoms with Crippen molar-refractivity contribution in [3.05, 3.63) is 77.3 Å². The Morgan fingerprint density at radius 2 is 2.08 bits per heavy atom. The molecule has 3 rings (SSSR count). The zero-order valence-electron chi connectivity index (χ0n) is 14.8. The van der Waals surface area contributed by atoms with Gasteiger partial charge in [0.05, 0.1) is 24.9 Å². The molecule has 0 aliphatic carbocycles. The molecule has 5 nitrogen and oxygen atoms in total. The van der Waals surface area contributed by atoms with E-state index in [0.717, 1.165) is 17.1 Å². The van der Waals surface area contributed by atoms with Crippen molar-refractivity contribution in [2.75, 3.05) is 13.2 Å². The molecule has 0 saturated carbocycles. The van der Waals surface area contributed by atoms with Gasteiger partial charge in [-0.3, -0.25) is 4.79 Å². The van der Waals surface area contributed by atoms with Crippen LogP contribution in [0.15, 0.2) is 53.1 Å². The van der Waals surface area contributed by atoms with Crippen molar-refractivity contribution in [2.45, 2.75) is 20.4 Å². The number of benzene rings is 1. The summed E-state index contributed by atoms with van der Waals surface area (Å²) in [6, 6.07) is 11.5. The Balaban J connectivity index is 1.56. The molecular weight excluding hydrogens is 335 g/mol. The normalized spacial score (nSPS) is 10.7. The lowest BCUT2D eigenvalue weighted by atomic mass is 10.2. The first kappa shape index (κ1) is 17.8. The van der Waals surface area contributed by atoms with Crippen molar-refractivity contribution in [3.8, 4) is 5.75 Å². The molecule has 136 valence electrons. The van der Waals surface area contributed by atoms with Crippen LogP contribution in [-0.4, -0.2) is 23.6 Å². The summed E-state index contributed by atoms with van der Waals surface area (Å²) in [6.07, 6.45) is 1.63. The van der Waals surface area contributed by atoms with Gasteiger partial charge in [0.25, 0.3) is 5.91 Å². The summed E-state index contributed by atoms with van der Waals surface area (Å²) in [6.45, 7) is 5.05. The Labute approximate surface area is 151 Å². The number of ether oxygens (including phenoxy) is 1. The zero-order valence-corrected chi connectivity index (χ0v) is 14.8. The van der Waals surface area contributed by atoms with E-state index in [9.17, 15) is 9.18 Å². The number of hydrogen-bond donors (Lipinski definition) is 1. The van der Waals surface area contributed by atoms with Gasteiger partial charge < -0.3 is 19.0 Å². The summed E-state index contributed by atoms with van der Waals surface area (Å²) in [4.78, 5) is 12.4. The van der Waals surface area contributed by atoms with Gasteiger partial charge in [-0.05, 0) is 44.2 Å². The number of nitrogens with one attached hydrogen (secondary N) is 1. The lowest BCUT2D eigenvalue weighted by Crippen LogP contribution is -2.28. The highest BCUT2D eigenvalue weighted by atomic mass is 19.1. The summed E-state index contributed by atoms with van der Waals surface area (Å²) in [5, 5.41) is 2.83. The van der Waals surface area contributed by atoms with Crippen molar-refractivity contribution >= 4 is 5.91 Å². The molecule has 0 aliphatic heterocycles. The fraction of sp³-hybridized carbons (Fsp3) is 0.250. The predicted molar refractivity (Wildman–Crippen MR) is 95.9 cm³/mol. The number of nitrogens with zero attached hydrogens (tertiary/aromatic N) is 1. The van der Waals surface area contributed by atoms with Crippen LogP contribution in [0.3, 0.4) is 0 Å². The topological polar surface area (TPSA) is 56.4 Å². The van der Waals surface area contributed by atoms with Gasteiger partial charge in [0.1, 0.15) is 23.9 Å². The molecule has 1 amide bonds.